The van der Waals surface area contributed by atoms with Crippen LogP contribution in [0.15, 0.2) is 64.6 Å². The molecule has 0 amide bonds. The molecule has 0 spiro atoms. The Kier molecular flexibility index (Phi) is 4.42. The van der Waals surface area contributed by atoms with Crippen molar-refractivity contribution in [2.75, 3.05) is 5.75 Å². The Morgan fingerprint density at radius 3 is 2.20 bits per heavy atom. The van der Waals surface area contributed by atoms with Crippen LogP contribution in [0.4, 0.5) is 0 Å². The van der Waals surface area contributed by atoms with E-state index in [0.717, 1.165) is 0 Å². The maximum atomic E-state index is 12.3. The zero-order valence-electron chi connectivity index (χ0n) is 10.5. The third-order valence-electron chi connectivity index (χ3n) is 2.76. The molecule has 0 unspecified atom stereocenters. The maximum absolute atomic E-state index is 12.3. The first-order valence-corrected chi connectivity index (χ1v) is 7.86. The van der Waals surface area contributed by atoms with Crippen LogP contribution in [0, 0.1) is 0 Å². The summed E-state index contributed by atoms with van der Waals surface area (Å²) < 4.78 is 24.6. The molecule has 0 fully saturated rings. The summed E-state index contributed by atoms with van der Waals surface area (Å²) in [5.41, 5.74) is 1.01. The molecule has 0 radical (unpaired) electrons. The van der Waals surface area contributed by atoms with Gasteiger partial charge < -0.3 is 5.84 Å². The van der Waals surface area contributed by atoms with Gasteiger partial charge in [-0.3, -0.25) is 0 Å². The number of halogens is 1. The van der Waals surface area contributed by atoms with E-state index in [1.165, 1.54) is 24.3 Å². The summed E-state index contributed by atoms with van der Waals surface area (Å²) in [4.78, 5) is 0.194. The summed E-state index contributed by atoms with van der Waals surface area (Å²) in [5.74, 6) is 5.06. The molecule has 0 aliphatic heterocycles. The van der Waals surface area contributed by atoms with Crippen LogP contribution in [0.3, 0.4) is 0 Å². The number of nitrogens with zero attached hydrogens (tertiary/aromatic N) is 1. The van der Waals surface area contributed by atoms with Crippen molar-refractivity contribution in [3.63, 3.8) is 0 Å². The highest BCUT2D eigenvalue weighted by molar-refractivity contribution is 7.92. The summed E-state index contributed by atoms with van der Waals surface area (Å²) in [6.07, 6.45) is 0. The van der Waals surface area contributed by atoms with Gasteiger partial charge in [0.05, 0.1) is 16.4 Å². The lowest BCUT2D eigenvalue weighted by Gasteiger charge is -2.07. The Morgan fingerprint density at radius 2 is 1.65 bits per heavy atom. The number of sulfone groups is 1. The highest BCUT2D eigenvalue weighted by Crippen LogP contribution is 2.16. The van der Waals surface area contributed by atoms with Gasteiger partial charge in [-0.15, -0.1) is 0 Å². The second-order valence-electron chi connectivity index (χ2n) is 4.15. The highest BCUT2D eigenvalue weighted by Gasteiger charge is 2.18. The normalized spacial score (nSPS) is 12.3. The molecule has 0 aliphatic carbocycles. The Hall–Kier alpha value is -1.85. The summed E-state index contributed by atoms with van der Waals surface area (Å²) in [6.45, 7) is 0. The number of hydrogen-bond donors (Lipinski definition) is 1. The lowest BCUT2D eigenvalue weighted by molar-refractivity contribution is 0.600. The minimum Gasteiger partial charge on any atom is -0.323 e. The summed E-state index contributed by atoms with van der Waals surface area (Å²) in [6, 6.07) is 15.0. The lowest BCUT2D eigenvalue weighted by atomic mass is 10.1. The van der Waals surface area contributed by atoms with E-state index in [-0.39, 0.29) is 10.6 Å². The summed E-state index contributed by atoms with van der Waals surface area (Å²) in [5, 5.41) is 4.08. The van der Waals surface area contributed by atoms with Gasteiger partial charge in [-0.1, -0.05) is 41.9 Å². The van der Waals surface area contributed by atoms with Crippen LogP contribution >= 0.6 is 11.6 Å². The van der Waals surface area contributed by atoms with Crippen molar-refractivity contribution in [1.29, 1.82) is 0 Å². The van der Waals surface area contributed by atoms with E-state index >= 15 is 0 Å². The number of benzene rings is 2. The van der Waals surface area contributed by atoms with E-state index < -0.39 is 9.84 Å². The van der Waals surface area contributed by atoms with Crippen molar-refractivity contribution < 1.29 is 8.42 Å². The fourth-order valence-electron chi connectivity index (χ4n) is 1.73. The molecule has 2 rings (SSSR count). The van der Waals surface area contributed by atoms with Crippen LogP contribution in [0.2, 0.25) is 5.02 Å². The van der Waals surface area contributed by atoms with Crippen molar-refractivity contribution in [3.05, 3.63) is 65.2 Å². The van der Waals surface area contributed by atoms with E-state index in [0.29, 0.717) is 16.3 Å². The van der Waals surface area contributed by atoms with Crippen LogP contribution < -0.4 is 5.84 Å². The number of nitrogens with two attached hydrogens (primary N) is 1. The Labute approximate surface area is 122 Å². The van der Waals surface area contributed by atoms with Gasteiger partial charge in [0.25, 0.3) is 0 Å². The van der Waals surface area contributed by atoms with Crippen molar-refractivity contribution in [3.8, 4) is 0 Å². The van der Waals surface area contributed by atoms with E-state index in [2.05, 4.69) is 5.10 Å². The van der Waals surface area contributed by atoms with Crippen LogP contribution in [0.25, 0.3) is 0 Å². The zero-order chi connectivity index (χ0) is 14.6. The minimum atomic E-state index is -3.51. The molecule has 0 atom stereocenters. The van der Waals surface area contributed by atoms with Crippen molar-refractivity contribution in [1.82, 2.24) is 0 Å². The monoisotopic (exact) mass is 308 g/mol. The van der Waals surface area contributed by atoms with E-state index in [1.54, 1.807) is 24.3 Å². The van der Waals surface area contributed by atoms with Gasteiger partial charge in [0.2, 0.25) is 0 Å². The molecule has 20 heavy (non-hydrogen) atoms. The molecule has 0 aliphatic rings. The molecule has 104 valence electrons. The molecule has 2 aromatic rings. The molecule has 2 N–H and O–H groups in total. The summed E-state index contributed by atoms with van der Waals surface area (Å²) in [7, 11) is -3.51. The first-order chi connectivity index (χ1) is 9.53. The SMILES string of the molecule is N/N=C(/CS(=O)(=O)c1ccc(Cl)cc1)c1ccccc1. The third-order valence-corrected chi connectivity index (χ3v) is 4.66. The summed E-state index contributed by atoms with van der Waals surface area (Å²) >= 11 is 5.75. The molecule has 0 aromatic heterocycles. The van der Waals surface area contributed by atoms with Gasteiger partial charge >= 0.3 is 0 Å². The molecule has 0 saturated carbocycles. The van der Waals surface area contributed by atoms with Crippen molar-refractivity contribution >= 4 is 27.1 Å². The van der Waals surface area contributed by atoms with Gasteiger partial charge in [0, 0.05) is 5.02 Å². The zero-order valence-corrected chi connectivity index (χ0v) is 12.1. The third kappa shape index (κ3) is 3.37. The lowest BCUT2D eigenvalue weighted by Crippen LogP contribution is -2.18. The average molecular weight is 309 g/mol. The van der Waals surface area contributed by atoms with E-state index in [4.69, 9.17) is 17.4 Å². The fourth-order valence-corrected chi connectivity index (χ4v) is 3.18. The fraction of sp³-hybridized carbons (Fsp3) is 0.0714. The average Bonchev–Trinajstić information content (AvgIpc) is 2.46. The van der Waals surface area contributed by atoms with Gasteiger partial charge in [0.1, 0.15) is 0 Å². The first kappa shape index (κ1) is 14.6. The smallest absolute Gasteiger partial charge is 0.184 e. The predicted octanol–water partition coefficient (Wildman–Crippen LogP) is 2.48. The molecule has 6 heteroatoms. The molecule has 4 nitrogen and oxygen atoms in total. The minimum absolute atomic E-state index is 0.194. The Morgan fingerprint density at radius 1 is 1.05 bits per heavy atom. The van der Waals surface area contributed by atoms with Crippen LogP contribution in [-0.2, 0) is 9.84 Å². The van der Waals surface area contributed by atoms with Crippen LogP contribution in [0.1, 0.15) is 5.56 Å². The van der Waals surface area contributed by atoms with Crippen molar-refractivity contribution in [2.45, 2.75) is 4.90 Å². The molecular weight excluding hydrogens is 296 g/mol. The molecular formula is C14H13ClN2O2S. The van der Waals surface area contributed by atoms with Gasteiger partial charge in [-0.2, -0.15) is 5.10 Å². The van der Waals surface area contributed by atoms with E-state index in [9.17, 15) is 8.42 Å². The van der Waals surface area contributed by atoms with Crippen molar-refractivity contribution in [2.24, 2.45) is 10.9 Å². The van der Waals surface area contributed by atoms with Gasteiger partial charge in [0.15, 0.2) is 9.84 Å². The van der Waals surface area contributed by atoms with Gasteiger partial charge in [-0.05, 0) is 29.8 Å². The molecule has 0 saturated heterocycles. The first-order valence-electron chi connectivity index (χ1n) is 5.83. The second kappa shape index (κ2) is 6.07. The number of hydrogen-bond acceptors (Lipinski definition) is 4. The van der Waals surface area contributed by atoms with Crippen LogP contribution in [0.5, 0.6) is 0 Å². The standard InChI is InChI=1S/C14H13ClN2O2S/c15-12-6-8-13(9-7-12)20(18,19)10-14(17-16)11-4-2-1-3-5-11/h1-9H,10,16H2/b17-14-. The molecule has 0 heterocycles. The highest BCUT2D eigenvalue weighted by atomic mass is 35.5. The number of hydrazone groups is 1. The van der Waals surface area contributed by atoms with E-state index in [1.807, 2.05) is 6.07 Å². The predicted molar refractivity (Wildman–Crippen MR) is 80.7 cm³/mol. The topological polar surface area (TPSA) is 72.5 Å². The quantitative estimate of drug-likeness (QED) is 0.536. The maximum Gasteiger partial charge on any atom is 0.184 e. The molecule has 2 aromatic carbocycles. The number of rotatable bonds is 4. The second-order valence-corrected chi connectivity index (χ2v) is 6.58. The Bertz CT molecular complexity index is 711. The van der Waals surface area contributed by atoms with Crippen LogP contribution in [-0.4, -0.2) is 19.9 Å². The van der Waals surface area contributed by atoms with Gasteiger partial charge in [-0.25, -0.2) is 8.42 Å². The Balaban J connectivity index is 2.30. The largest absolute Gasteiger partial charge is 0.323 e. The molecule has 0 bridgehead atoms.